The quantitative estimate of drug-likeness (QED) is 0.907. The van der Waals surface area contributed by atoms with E-state index >= 15 is 0 Å². The summed E-state index contributed by atoms with van der Waals surface area (Å²) in [6, 6.07) is 7.90. The molecular formula is C14H14F2N2. The van der Waals surface area contributed by atoms with Gasteiger partial charge in [-0.25, -0.2) is 8.78 Å². The Morgan fingerprint density at radius 2 is 1.94 bits per heavy atom. The van der Waals surface area contributed by atoms with Gasteiger partial charge in [0, 0.05) is 29.9 Å². The van der Waals surface area contributed by atoms with Crippen molar-refractivity contribution in [1.82, 2.24) is 4.98 Å². The summed E-state index contributed by atoms with van der Waals surface area (Å²) in [5.74, 6) is -1.69. The highest BCUT2D eigenvalue weighted by Crippen LogP contribution is 2.22. The Labute approximate surface area is 104 Å². The van der Waals surface area contributed by atoms with E-state index in [0.29, 0.717) is 6.42 Å². The van der Waals surface area contributed by atoms with Crippen molar-refractivity contribution in [3.8, 4) is 0 Å². The normalized spacial score (nSPS) is 12.4. The Morgan fingerprint density at radius 3 is 2.61 bits per heavy atom. The largest absolute Gasteiger partial charge is 0.324 e. The first kappa shape index (κ1) is 12.6. The lowest BCUT2D eigenvalue weighted by atomic mass is 10.0. The van der Waals surface area contributed by atoms with Gasteiger partial charge in [0.05, 0.1) is 0 Å². The lowest BCUT2D eigenvalue weighted by Crippen LogP contribution is -2.16. The van der Waals surface area contributed by atoms with Gasteiger partial charge in [-0.1, -0.05) is 18.2 Å². The number of hydrogen-bond acceptors (Lipinski definition) is 2. The van der Waals surface area contributed by atoms with E-state index in [1.54, 1.807) is 12.3 Å². The van der Waals surface area contributed by atoms with Gasteiger partial charge in [-0.05, 0) is 24.6 Å². The van der Waals surface area contributed by atoms with Gasteiger partial charge in [-0.15, -0.1) is 0 Å². The molecular weight excluding hydrogens is 234 g/mol. The zero-order chi connectivity index (χ0) is 13.1. The van der Waals surface area contributed by atoms with Gasteiger partial charge in [-0.2, -0.15) is 0 Å². The maximum Gasteiger partial charge on any atom is 0.163 e. The summed E-state index contributed by atoms with van der Waals surface area (Å²) in [6.07, 6.45) is 2.02. The van der Waals surface area contributed by atoms with Gasteiger partial charge in [0.15, 0.2) is 11.6 Å². The van der Waals surface area contributed by atoms with E-state index < -0.39 is 17.7 Å². The van der Waals surface area contributed by atoms with Crippen molar-refractivity contribution < 1.29 is 8.78 Å². The molecule has 0 fully saturated rings. The summed E-state index contributed by atoms with van der Waals surface area (Å²) >= 11 is 0. The van der Waals surface area contributed by atoms with Crippen molar-refractivity contribution >= 4 is 0 Å². The molecule has 1 aromatic carbocycles. The SMILES string of the molecule is Cc1ccc(C(N)Cc2ccccn2)c(F)c1F. The second-order valence-electron chi connectivity index (χ2n) is 4.23. The molecule has 2 aromatic rings. The van der Waals surface area contributed by atoms with Gasteiger partial charge >= 0.3 is 0 Å². The molecule has 94 valence electrons. The minimum absolute atomic E-state index is 0.184. The van der Waals surface area contributed by atoms with Gasteiger partial charge in [0.1, 0.15) is 0 Å². The molecule has 1 heterocycles. The topological polar surface area (TPSA) is 38.9 Å². The van der Waals surface area contributed by atoms with Crippen molar-refractivity contribution in [1.29, 1.82) is 0 Å². The van der Waals surface area contributed by atoms with Crippen molar-refractivity contribution in [2.24, 2.45) is 5.73 Å². The Bertz CT molecular complexity index is 541. The molecule has 0 saturated heterocycles. The molecule has 0 aliphatic heterocycles. The number of nitrogens with two attached hydrogens (primary N) is 1. The first-order chi connectivity index (χ1) is 8.59. The molecule has 0 saturated carbocycles. The third-order valence-electron chi connectivity index (χ3n) is 2.86. The molecule has 2 nitrogen and oxygen atoms in total. The number of hydrogen-bond donors (Lipinski definition) is 1. The summed E-state index contributed by atoms with van der Waals surface area (Å²) in [7, 11) is 0. The Balaban J connectivity index is 2.24. The number of benzene rings is 1. The number of rotatable bonds is 3. The number of aryl methyl sites for hydroxylation is 1. The summed E-state index contributed by atoms with van der Waals surface area (Å²) in [6.45, 7) is 1.52. The molecule has 0 aliphatic rings. The van der Waals surface area contributed by atoms with Crippen molar-refractivity contribution in [2.75, 3.05) is 0 Å². The number of halogens is 2. The van der Waals surface area contributed by atoms with Crippen molar-refractivity contribution in [3.05, 3.63) is 65.0 Å². The van der Waals surface area contributed by atoms with E-state index in [9.17, 15) is 8.78 Å². The highest BCUT2D eigenvalue weighted by molar-refractivity contribution is 5.28. The molecule has 0 amide bonds. The van der Waals surface area contributed by atoms with Crippen LogP contribution in [0.4, 0.5) is 8.78 Å². The number of nitrogens with zero attached hydrogens (tertiary/aromatic N) is 1. The predicted octanol–water partition coefficient (Wildman–Crippen LogP) is 2.91. The zero-order valence-corrected chi connectivity index (χ0v) is 10.0. The molecule has 18 heavy (non-hydrogen) atoms. The van der Waals surface area contributed by atoms with Crippen molar-refractivity contribution in [3.63, 3.8) is 0 Å². The first-order valence-electron chi connectivity index (χ1n) is 5.69. The van der Waals surface area contributed by atoms with Crippen LogP contribution in [-0.2, 0) is 6.42 Å². The van der Waals surface area contributed by atoms with Crippen molar-refractivity contribution in [2.45, 2.75) is 19.4 Å². The molecule has 0 bridgehead atoms. The van der Waals surface area contributed by atoms with Crippen LogP contribution in [0, 0.1) is 18.6 Å². The van der Waals surface area contributed by atoms with Crippen LogP contribution in [0.25, 0.3) is 0 Å². The van der Waals surface area contributed by atoms with E-state index in [-0.39, 0.29) is 11.1 Å². The third kappa shape index (κ3) is 2.54. The molecule has 0 aliphatic carbocycles. The van der Waals surface area contributed by atoms with Crippen LogP contribution in [-0.4, -0.2) is 4.98 Å². The maximum atomic E-state index is 13.7. The maximum absolute atomic E-state index is 13.7. The average Bonchev–Trinajstić information content (AvgIpc) is 2.37. The van der Waals surface area contributed by atoms with Crippen LogP contribution in [0.15, 0.2) is 36.5 Å². The van der Waals surface area contributed by atoms with E-state index in [1.165, 1.54) is 19.1 Å². The van der Waals surface area contributed by atoms with Gasteiger partial charge in [-0.3, -0.25) is 4.98 Å². The van der Waals surface area contributed by atoms with Gasteiger partial charge in [0.25, 0.3) is 0 Å². The van der Waals surface area contributed by atoms with Crippen LogP contribution < -0.4 is 5.73 Å². The highest BCUT2D eigenvalue weighted by atomic mass is 19.2. The van der Waals surface area contributed by atoms with E-state index in [1.807, 2.05) is 12.1 Å². The lowest BCUT2D eigenvalue weighted by Gasteiger charge is -2.13. The van der Waals surface area contributed by atoms with Gasteiger partial charge in [0.2, 0.25) is 0 Å². The Kier molecular flexibility index (Phi) is 3.67. The molecule has 1 atom stereocenters. The summed E-state index contributed by atoms with van der Waals surface area (Å²) in [4.78, 5) is 4.12. The fourth-order valence-corrected chi connectivity index (χ4v) is 1.80. The van der Waals surface area contributed by atoms with Crippen LogP contribution in [0.5, 0.6) is 0 Å². The fraction of sp³-hybridized carbons (Fsp3) is 0.214. The van der Waals surface area contributed by atoms with E-state index in [2.05, 4.69) is 4.98 Å². The minimum Gasteiger partial charge on any atom is -0.324 e. The van der Waals surface area contributed by atoms with Gasteiger partial charge < -0.3 is 5.73 Å². The molecule has 0 spiro atoms. The summed E-state index contributed by atoms with van der Waals surface area (Å²) in [5.41, 5.74) is 7.12. The average molecular weight is 248 g/mol. The molecule has 0 radical (unpaired) electrons. The molecule has 1 unspecified atom stereocenters. The minimum atomic E-state index is -0.863. The van der Waals surface area contributed by atoms with Crippen LogP contribution in [0.2, 0.25) is 0 Å². The van der Waals surface area contributed by atoms with Crippen LogP contribution in [0.1, 0.15) is 22.9 Å². The molecule has 1 aromatic heterocycles. The fourth-order valence-electron chi connectivity index (χ4n) is 1.80. The zero-order valence-electron chi connectivity index (χ0n) is 10.0. The molecule has 2 N–H and O–H groups in total. The third-order valence-corrected chi connectivity index (χ3v) is 2.86. The van der Waals surface area contributed by atoms with E-state index in [0.717, 1.165) is 5.69 Å². The predicted molar refractivity (Wildman–Crippen MR) is 66.0 cm³/mol. The van der Waals surface area contributed by atoms with Crippen LogP contribution >= 0.6 is 0 Å². The number of pyridine rings is 1. The monoisotopic (exact) mass is 248 g/mol. The first-order valence-corrected chi connectivity index (χ1v) is 5.69. The second-order valence-corrected chi connectivity index (χ2v) is 4.23. The Hall–Kier alpha value is -1.81. The summed E-state index contributed by atoms with van der Waals surface area (Å²) in [5, 5.41) is 0. The molecule has 2 rings (SSSR count). The Morgan fingerprint density at radius 1 is 1.17 bits per heavy atom. The smallest absolute Gasteiger partial charge is 0.163 e. The number of aromatic nitrogens is 1. The lowest BCUT2D eigenvalue weighted by molar-refractivity contribution is 0.482. The summed E-state index contributed by atoms with van der Waals surface area (Å²) < 4.78 is 27.2. The standard InChI is InChI=1S/C14H14F2N2/c1-9-5-6-11(14(16)13(9)15)12(17)8-10-4-2-3-7-18-10/h2-7,12H,8,17H2,1H3. The van der Waals surface area contributed by atoms with E-state index in [4.69, 9.17) is 5.73 Å². The molecule has 4 heteroatoms. The second kappa shape index (κ2) is 5.23. The van der Waals surface area contributed by atoms with Crippen LogP contribution in [0.3, 0.4) is 0 Å². The highest BCUT2D eigenvalue weighted by Gasteiger charge is 2.17.